The monoisotopic (exact) mass is 768 g/mol. The van der Waals surface area contributed by atoms with Crippen molar-refractivity contribution in [2.75, 3.05) is 0 Å². The van der Waals surface area contributed by atoms with Gasteiger partial charge in [-0.1, -0.05) is 194 Å². The van der Waals surface area contributed by atoms with E-state index in [9.17, 15) is 0 Å². The summed E-state index contributed by atoms with van der Waals surface area (Å²) in [6.45, 7) is 2.32. The Bertz CT molecular complexity index is 2400. The molecule has 0 spiro atoms. The van der Waals surface area contributed by atoms with Crippen LogP contribution in [0, 0.1) is 0 Å². The van der Waals surface area contributed by atoms with E-state index in [1.165, 1.54) is 77.5 Å². The van der Waals surface area contributed by atoms with Gasteiger partial charge in [0.25, 0.3) is 0 Å². The van der Waals surface area contributed by atoms with Gasteiger partial charge in [0.1, 0.15) is 0 Å². The SMILES string of the molecule is CCCCC(CCCC(c1cccc(Br)c1)c1cccc(-c2cccc(-c3cccc4c3sc3ccccc34)c2)c1)(c1ccccc1)c1ccccc1. The Morgan fingerprint density at radius 2 is 1.11 bits per heavy atom. The Balaban J connectivity index is 1.13. The van der Waals surface area contributed by atoms with E-state index in [-0.39, 0.29) is 11.3 Å². The lowest BCUT2D eigenvalue weighted by atomic mass is 9.67. The van der Waals surface area contributed by atoms with Gasteiger partial charge in [-0.05, 0) is 88.0 Å². The smallest absolute Gasteiger partial charge is 0.0433 e. The van der Waals surface area contributed by atoms with Gasteiger partial charge in [-0.15, -0.1) is 11.3 Å². The van der Waals surface area contributed by atoms with Crippen LogP contribution in [0.15, 0.2) is 180 Å². The Morgan fingerprint density at radius 1 is 0.528 bits per heavy atom. The highest BCUT2D eigenvalue weighted by Gasteiger charge is 2.33. The average molecular weight is 770 g/mol. The van der Waals surface area contributed by atoms with Crippen LogP contribution in [0.3, 0.4) is 0 Å². The molecule has 0 aliphatic heterocycles. The minimum Gasteiger partial charge on any atom is -0.135 e. The van der Waals surface area contributed by atoms with Gasteiger partial charge in [-0.25, -0.2) is 0 Å². The van der Waals surface area contributed by atoms with Crippen LogP contribution < -0.4 is 0 Å². The van der Waals surface area contributed by atoms with E-state index in [4.69, 9.17) is 0 Å². The van der Waals surface area contributed by atoms with Crippen LogP contribution >= 0.6 is 27.3 Å². The van der Waals surface area contributed by atoms with Crippen molar-refractivity contribution in [3.63, 3.8) is 0 Å². The summed E-state index contributed by atoms with van der Waals surface area (Å²) in [5.74, 6) is 0.276. The molecule has 0 saturated carbocycles. The molecule has 0 aliphatic carbocycles. The molecule has 0 saturated heterocycles. The standard InChI is InChI=1S/C51H45BrS/c1-2-3-32-51(42-22-6-4-7-23-42,43-24-8-5-9-25-43)33-16-30-45(41-21-14-26-44(52)36-41)39-19-12-17-37(34-39)38-18-13-20-40(35-38)46-28-15-29-48-47-27-10-11-31-49(47)53-50(46)48/h4-15,17-29,31,34-36,45H,2-3,16,30,32-33H2,1H3. The number of benzene rings is 7. The van der Waals surface area contributed by atoms with Crippen LogP contribution in [0.5, 0.6) is 0 Å². The van der Waals surface area contributed by atoms with Crippen LogP contribution in [0.1, 0.15) is 73.6 Å². The first-order valence-corrected chi connectivity index (χ1v) is 20.7. The zero-order chi connectivity index (χ0) is 36.0. The number of hydrogen-bond donors (Lipinski definition) is 0. The summed E-state index contributed by atoms with van der Waals surface area (Å²) < 4.78 is 3.83. The molecule has 1 heterocycles. The molecule has 2 heteroatoms. The largest absolute Gasteiger partial charge is 0.135 e. The van der Waals surface area contributed by atoms with Gasteiger partial charge in [-0.3, -0.25) is 0 Å². The first-order chi connectivity index (χ1) is 26.1. The van der Waals surface area contributed by atoms with Crippen molar-refractivity contribution < 1.29 is 0 Å². The molecule has 0 radical (unpaired) electrons. The third-order valence-corrected chi connectivity index (χ3v) is 12.9. The highest BCUT2D eigenvalue weighted by atomic mass is 79.9. The molecule has 1 aromatic heterocycles. The average Bonchev–Trinajstić information content (AvgIpc) is 3.61. The Kier molecular flexibility index (Phi) is 10.7. The summed E-state index contributed by atoms with van der Waals surface area (Å²) in [5.41, 5.74) is 10.7. The van der Waals surface area contributed by atoms with Gasteiger partial charge < -0.3 is 0 Å². The van der Waals surface area contributed by atoms with Crippen molar-refractivity contribution in [3.8, 4) is 22.3 Å². The highest BCUT2D eigenvalue weighted by molar-refractivity contribution is 9.10. The number of hydrogen-bond acceptors (Lipinski definition) is 1. The normalized spacial score (nSPS) is 12.3. The Hall–Kier alpha value is -4.76. The molecule has 1 unspecified atom stereocenters. The zero-order valence-electron chi connectivity index (χ0n) is 30.3. The lowest BCUT2D eigenvalue weighted by molar-refractivity contribution is 0.398. The van der Waals surface area contributed by atoms with Crippen LogP contribution in [0.2, 0.25) is 0 Å². The molecular formula is C51H45BrS. The Morgan fingerprint density at radius 3 is 1.85 bits per heavy atom. The highest BCUT2D eigenvalue weighted by Crippen LogP contribution is 2.44. The minimum atomic E-state index is -0.0140. The molecule has 0 aliphatic rings. The van der Waals surface area contributed by atoms with E-state index < -0.39 is 0 Å². The summed E-state index contributed by atoms with van der Waals surface area (Å²) in [7, 11) is 0. The van der Waals surface area contributed by atoms with Gasteiger partial charge >= 0.3 is 0 Å². The number of unbranched alkanes of at least 4 members (excludes halogenated alkanes) is 1. The minimum absolute atomic E-state index is 0.0140. The second-order valence-corrected chi connectivity index (χ2v) is 16.4. The third kappa shape index (κ3) is 7.41. The molecule has 8 rings (SSSR count). The third-order valence-electron chi connectivity index (χ3n) is 11.2. The van der Waals surface area contributed by atoms with Crippen LogP contribution in [0.4, 0.5) is 0 Å². The van der Waals surface area contributed by atoms with E-state index >= 15 is 0 Å². The maximum absolute atomic E-state index is 3.80. The van der Waals surface area contributed by atoms with Crippen molar-refractivity contribution in [2.45, 2.75) is 56.8 Å². The summed E-state index contributed by atoms with van der Waals surface area (Å²) in [5, 5.41) is 2.68. The summed E-state index contributed by atoms with van der Waals surface area (Å²) in [4.78, 5) is 0. The number of thiophene rings is 1. The van der Waals surface area contributed by atoms with Crippen molar-refractivity contribution in [3.05, 3.63) is 203 Å². The number of fused-ring (bicyclic) bond motifs is 3. The predicted octanol–water partition coefficient (Wildman–Crippen LogP) is 15.6. The molecule has 7 aromatic carbocycles. The number of rotatable bonds is 13. The van der Waals surface area contributed by atoms with Gasteiger partial charge in [0.2, 0.25) is 0 Å². The van der Waals surface area contributed by atoms with Crippen LogP contribution in [0.25, 0.3) is 42.4 Å². The topological polar surface area (TPSA) is 0 Å². The maximum Gasteiger partial charge on any atom is 0.0433 e. The lowest BCUT2D eigenvalue weighted by Crippen LogP contribution is -2.28. The Labute approximate surface area is 327 Å². The molecule has 0 N–H and O–H groups in total. The van der Waals surface area contributed by atoms with E-state index in [0.29, 0.717) is 0 Å². The number of halogens is 1. The fourth-order valence-electron chi connectivity index (χ4n) is 8.49. The lowest BCUT2D eigenvalue weighted by Gasteiger charge is -2.36. The molecular weight excluding hydrogens is 725 g/mol. The quantitative estimate of drug-likeness (QED) is 0.110. The van der Waals surface area contributed by atoms with Crippen molar-refractivity contribution in [1.29, 1.82) is 0 Å². The van der Waals surface area contributed by atoms with Crippen molar-refractivity contribution in [1.82, 2.24) is 0 Å². The fraction of sp³-hybridized carbons (Fsp3) is 0.176. The second kappa shape index (κ2) is 16.1. The molecule has 8 aromatic rings. The molecule has 53 heavy (non-hydrogen) atoms. The second-order valence-electron chi connectivity index (χ2n) is 14.4. The van der Waals surface area contributed by atoms with Gasteiger partial charge in [0.05, 0.1) is 0 Å². The van der Waals surface area contributed by atoms with Gasteiger partial charge in [0, 0.05) is 36.0 Å². The van der Waals surface area contributed by atoms with E-state index in [1.54, 1.807) is 0 Å². The van der Waals surface area contributed by atoms with Crippen molar-refractivity contribution in [2.24, 2.45) is 0 Å². The molecule has 0 amide bonds. The molecule has 1 atom stereocenters. The molecule has 0 fully saturated rings. The van der Waals surface area contributed by atoms with Gasteiger partial charge in [0.15, 0.2) is 0 Å². The van der Waals surface area contributed by atoms with Crippen LogP contribution in [-0.4, -0.2) is 0 Å². The van der Waals surface area contributed by atoms with Crippen LogP contribution in [-0.2, 0) is 5.41 Å². The predicted molar refractivity (Wildman–Crippen MR) is 233 cm³/mol. The van der Waals surface area contributed by atoms with E-state index in [1.807, 2.05) is 11.3 Å². The maximum atomic E-state index is 3.80. The molecule has 262 valence electrons. The summed E-state index contributed by atoms with van der Waals surface area (Å²) in [6.07, 6.45) is 6.84. The van der Waals surface area contributed by atoms with Gasteiger partial charge in [-0.2, -0.15) is 0 Å². The van der Waals surface area contributed by atoms with Crippen molar-refractivity contribution >= 4 is 47.4 Å². The zero-order valence-corrected chi connectivity index (χ0v) is 32.8. The molecule has 0 nitrogen and oxygen atoms in total. The first-order valence-electron chi connectivity index (χ1n) is 19.1. The summed E-state index contributed by atoms with van der Waals surface area (Å²) in [6, 6.07) is 65.5. The molecule has 0 bridgehead atoms. The summed E-state index contributed by atoms with van der Waals surface area (Å²) >= 11 is 5.70. The van der Waals surface area contributed by atoms with E-state index in [2.05, 4.69) is 199 Å². The van der Waals surface area contributed by atoms with E-state index in [0.717, 1.165) is 30.2 Å². The fourth-order valence-corrected chi connectivity index (χ4v) is 10.2. The first kappa shape index (κ1) is 35.3.